The van der Waals surface area contributed by atoms with Crippen molar-refractivity contribution in [1.82, 2.24) is 9.80 Å². The van der Waals surface area contributed by atoms with E-state index in [1.165, 1.54) is 0 Å². The van der Waals surface area contributed by atoms with Crippen LogP contribution in [-0.4, -0.2) is 55.0 Å². The lowest BCUT2D eigenvalue weighted by Gasteiger charge is -2.34. The number of amides is 1. The van der Waals surface area contributed by atoms with Crippen molar-refractivity contribution >= 4 is 29.1 Å². The first kappa shape index (κ1) is 15.6. The molecule has 1 aromatic carbocycles. The fourth-order valence-electron chi connectivity index (χ4n) is 2.27. The highest BCUT2D eigenvalue weighted by Crippen LogP contribution is 2.22. The molecule has 0 aromatic heterocycles. The fraction of sp³-hybridized carbons (Fsp3) is 0.500. The molecule has 1 saturated heterocycles. The largest absolute Gasteiger partial charge is 0.339 e. The maximum atomic E-state index is 12.3. The van der Waals surface area contributed by atoms with Crippen molar-refractivity contribution in [3.05, 3.63) is 33.8 Å². The summed E-state index contributed by atoms with van der Waals surface area (Å²) in [7, 11) is 2.05. The van der Waals surface area contributed by atoms with E-state index >= 15 is 0 Å². The summed E-state index contributed by atoms with van der Waals surface area (Å²) in [5.41, 5.74) is 6.88. The van der Waals surface area contributed by atoms with Crippen molar-refractivity contribution in [3.8, 4) is 0 Å². The van der Waals surface area contributed by atoms with Gasteiger partial charge in [0.15, 0.2) is 0 Å². The molecule has 1 aromatic rings. The highest BCUT2D eigenvalue weighted by Gasteiger charge is 2.24. The van der Waals surface area contributed by atoms with Crippen LogP contribution in [-0.2, 0) is 11.2 Å². The minimum atomic E-state index is -0.558. The van der Waals surface area contributed by atoms with Crippen LogP contribution < -0.4 is 5.73 Å². The minimum Gasteiger partial charge on any atom is -0.339 e. The summed E-state index contributed by atoms with van der Waals surface area (Å²) >= 11 is 12.0. The molecule has 0 saturated carbocycles. The van der Waals surface area contributed by atoms with Crippen LogP contribution in [0.1, 0.15) is 5.56 Å². The highest BCUT2D eigenvalue weighted by molar-refractivity contribution is 6.35. The molecule has 110 valence electrons. The molecule has 1 atom stereocenters. The Hall–Kier alpha value is -0.810. The van der Waals surface area contributed by atoms with Crippen molar-refractivity contribution in [2.24, 2.45) is 5.73 Å². The number of nitrogens with two attached hydrogens (primary N) is 1. The highest BCUT2D eigenvalue weighted by atomic mass is 35.5. The topological polar surface area (TPSA) is 49.6 Å². The Bertz CT molecular complexity index is 487. The van der Waals surface area contributed by atoms with E-state index in [-0.39, 0.29) is 5.91 Å². The Kier molecular flexibility index (Phi) is 5.27. The third-order valence-corrected chi connectivity index (χ3v) is 4.17. The van der Waals surface area contributed by atoms with Crippen LogP contribution in [0.4, 0.5) is 0 Å². The van der Waals surface area contributed by atoms with Gasteiger partial charge in [-0.05, 0) is 31.2 Å². The quantitative estimate of drug-likeness (QED) is 0.922. The zero-order valence-corrected chi connectivity index (χ0v) is 13.0. The molecular weight excluding hydrogens is 297 g/mol. The molecule has 2 N–H and O–H groups in total. The van der Waals surface area contributed by atoms with Crippen LogP contribution in [0.5, 0.6) is 0 Å². The number of hydrogen-bond acceptors (Lipinski definition) is 3. The Balaban J connectivity index is 1.97. The van der Waals surface area contributed by atoms with Crippen molar-refractivity contribution < 1.29 is 4.79 Å². The van der Waals surface area contributed by atoms with Crippen LogP contribution >= 0.6 is 23.2 Å². The van der Waals surface area contributed by atoms with Gasteiger partial charge in [0.25, 0.3) is 0 Å². The van der Waals surface area contributed by atoms with E-state index in [1.807, 2.05) is 11.0 Å². The number of carbonyl (C=O) groups is 1. The molecule has 6 heteroatoms. The number of likely N-dealkylation sites (N-methyl/N-ethyl adjacent to an activating group) is 1. The molecule has 1 heterocycles. The second kappa shape index (κ2) is 6.76. The zero-order valence-electron chi connectivity index (χ0n) is 11.5. The van der Waals surface area contributed by atoms with E-state index in [0.717, 1.165) is 31.7 Å². The van der Waals surface area contributed by atoms with Gasteiger partial charge in [0.05, 0.1) is 6.04 Å². The van der Waals surface area contributed by atoms with E-state index < -0.39 is 6.04 Å². The molecule has 0 bridgehead atoms. The predicted octanol–water partition coefficient (Wildman–Crippen LogP) is 1.64. The Labute approximate surface area is 129 Å². The van der Waals surface area contributed by atoms with E-state index in [0.29, 0.717) is 16.5 Å². The van der Waals surface area contributed by atoms with Gasteiger partial charge in [-0.3, -0.25) is 4.79 Å². The van der Waals surface area contributed by atoms with Gasteiger partial charge in [-0.25, -0.2) is 0 Å². The molecule has 1 aliphatic heterocycles. The van der Waals surface area contributed by atoms with Gasteiger partial charge in [-0.2, -0.15) is 0 Å². The SMILES string of the molecule is CN1CCN(C(=O)[C@@H](N)Cc2ccc(Cl)cc2Cl)CC1. The van der Waals surface area contributed by atoms with Crippen LogP contribution in [0.2, 0.25) is 10.0 Å². The van der Waals surface area contributed by atoms with E-state index in [1.54, 1.807) is 12.1 Å². The first-order valence-corrected chi connectivity index (χ1v) is 7.40. The average Bonchev–Trinajstić information content (AvgIpc) is 2.42. The first-order valence-electron chi connectivity index (χ1n) is 6.64. The summed E-state index contributed by atoms with van der Waals surface area (Å²) < 4.78 is 0. The second-order valence-electron chi connectivity index (χ2n) is 5.17. The predicted molar refractivity (Wildman–Crippen MR) is 82.2 cm³/mol. The zero-order chi connectivity index (χ0) is 14.7. The Morgan fingerprint density at radius 1 is 1.30 bits per heavy atom. The van der Waals surface area contributed by atoms with Crippen LogP contribution in [0, 0.1) is 0 Å². The third-order valence-electron chi connectivity index (χ3n) is 3.59. The number of carbonyl (C=O) groups excluding carboxylic acids is 1. The number of nitrogens with zero attached hydrogens (tertiary/aromatic N) is 2. The van der Waals surface area contributed by atoms with Crippen molar-refractivity contribution in [3.63, 3.8) is 0 Å². The molecule has 2 rings (SSSR count). The van der Waals surface area contributed by atoms with E-state index in [4.69, 9.17) is 28.9 Å². The minimum absolute atomic E-state index is 0.0101. The molecule has 4 nitrogen and oxygen atoms in total. The standard InChI is InChI=1S/C14H19Cl2N3O/c1-18-4-6-19(7-5-18)14(20)13(17)8-10-2-3-11(15)9-12(10)16/h2-3,9,13H,4-8,17H2,1H3/t13-/m0/s1. The molecule has 1 aliphatic rings. The number of hydrogen-bond donors (Lipinski definition) is 1. The average molecular weight is 316 g/mol. The number of benzene rings is 1. The van der Waals surface area contributed by atoms with Gasteiger partial charge >= 0.3 is 0 Å². The first-order chi connectivity index (χ1) is 9.47. The Morgan fingerprint density at radius 3 is 2.55 bits per heavy atom. The molecule has 0 unspecified atom stereocenters. The maximum absolute atomic E-state index is 12.3. The molecule has 1 fully saturated rings. The summed E-state index contributed by atoms with van der Waals surface area (Å²) in [6.45, 7) is 3.25. The van der Waals surface area contributed by atoms with Gasteiger partial charge < -0.3 is 15.5 Å². The van der Waals surface area contributed by atoms with Crippen LogP contribution in [0.3, 0.4) is 0 Å². The summed E-state index contributed by atoms with van der Waals surface area (Å²) in [6, 6.07) is 4.69. The van der Waals surface area contributed by atoms with E-state index in [9.17, 15) is 4.79 Å². The summed E-state index contributed by atoms with van der Waals surface area (Å²) in [6.07, 6.45) is 0.432. The molecule has 0 aliphatic carbocycles. The molecule has 1 amide bonds. The van der Waals surface area contributed by atoms with Crippen LogP contribution in [0.15, 0.2) is 18.2 Å². The van der Waals surface area contributed by atoms with E-state index in [2.05, 4.69) is 11.9 Å². The fourth-order valence-corrected chi connectivity index (χ4v) is 2.76. The summed E-state index contributed by atoms with van der Waals surface area (Å²) in [5, 5.41) is 1.14. The number of piperazine rings is 1. The van der Waals surface area contributed by atoms with Gasteiger partial charge in [-0.15, -0.1) is 0 Å². The third kappa shape index (κ3) is 3.85. The van der Waals surface area contributed by atoms with Crippen molar-refractivity contribution in [1.29, 1.82) is 0 Å². The smallest absolute Gasteiger partial charge is 0.239 e. The lowest BCUT2D eigenvalue weighted by Crippen LogP contribution is -2.52. The van der Waals surface area contributed by atoms with Crippen molar-refractivity contribution in [2.45, 2.75) is 12.5 Å². The van der Waals surface area contributed by atoms with Gasteiger partial charge in [0, 0.05) is 36.2 Å². The summed E-state index contributed by atoms with van der Waals surface area (Å²) in [4.78, 5) is 16.3. The lowest BCUT2D eigenvalue weighted by molar-refractivity contribution is -0.134. The lowest BCUT2D eigenvalue weighted by atomic mass is 10.1. The normalized spacial score (nSPS) is 18.1. The summed E-state index contributed by atoms with van der Waals surface area (Å²) in [5.74, 6) is -0.0101. The van der Waals surface area contributed by atoms with Gasteiger partial charge in [0.2, 0.25) is 5.91 Å². The molecular formula is C14H19Cl2N3O. The molecule has 20 heavy (non-hydrogen) atoms. The van der Waals surface area contributed by atoms with Crippen LogP contribution in [0.25, 0.3) is 0 Å². The van der Waals surface area contributed by atoms with Gasteiger partial charge in [-0.1, -0.05) is 29.3 Å². The molecule has 0 radical (unpaired) electrons. The second-order valence-corrected chi connectivity index (χ2v) is 6.02. The Morgan fingerprint density at radius 2 is 1.95 bits per heavy atom. The van der Waals surface area contributed by atoms with Crippen molar-refractivity contribution in [2.75, 3.05) is 33.2 Å². The number of halogens is 2. The monoisotopic (exact) mass is 315 g/mol. The molecule has 0 spiro atoms. The number of rotatable bonds is 3. The van der Waals surface area contributed by atoms with Gasteiger partial charge in [0.1, 0.15) is 0 Å². The maximum Gasteiger partial charge on any atom is 0.239 e.